The predicted octanol–water partition coefficient (Wildman–Crippen LogP) is 1.47. The minimum absolute atomic E-state index is 0.163. The van der Waals surface area contributed by atoms with Crippen molar-refractivity contribution in [3.05, 3.63) is 0 Å². The Kier molecular flexibility index (Phi) is 5.83. The van der Waals surface area contributed by atoms with Gasteiger partial charge in [-0.15, -0.1) is 0 Å². The highest BCUT2D eigenvalue weighted by atomic mass is 16.6. The molecule has 0 aromatic rings. The number of rotatable bonds is 5. The molecule has 2 N–H and O–H groups in total. The highest BCUT2D eigenvalue weighted by molar-refractivity contribution is 5.75. The molecule has 4 nitrogen and oxygen atoms in total. The molecule has 0 aromatic carbocycles. The average molecular weight is 217 g/mol. The summed E-state index contributed by atoms with van der Waals surface area (Å²) in [5, 5.41) is 0. The first-order chi connectivity index (χ1) is 6.72. The molecule has 90 valence electrons. The fourth-order valence-electron chi connectivity index (χ4n) is 0.926. The second-order valence-electron chi connectivity index (χ2n) is 4.85. The van der Waals surface area contributed by atoms with E-state index in [2.05, 4.69) is 0 Å². The fraction of sp³-hybridized carbons (Fsp3) is 0.909. The van der Waals surface area contributed by atoms with Crippen LogP contribution < -0.4 is 5.73 Å². The van der Waals surface area contributed by atoms with E-state index in [9.17, 15) is 4.79 Å². The summed E-state index contributed by atoms with van der Waals surface area (Å²) in [4.78, 5) is 11.4. The topological polar surface area (TPSA) is 61.5 Å². The third-order valence-corrected chi connectivity index (χ3v) is 1.59. The zero-order chi connectivity index (χ0) is 12.1. The second kappa shape index (κ2) is 6.08. The number of carbonyl (C=O) groups excluding carboxylic acids is 1. The zero-order valence-corrected chi connectivity index (χ0v) is 10.4. The lowest BCUT2D eigenvalue weighted by atomic mass is 10.1. The molecule has 4 heteroatoms. The molecule has 0 radical (unpaired) electrons. The van der Waals surface area contributed by atoms with Gasteiger partial charge in [0.25, 0.3) is 0 Å². The number of carbonyl (C=O) groups is 1. The smallest absolute Gasteiger partial charge is 0.323 e. The van der Waals surface area contributed by atoms with E-state index in [-0.39, 0.29) is 12.1 Å². The van der Waals surface area contributed by atoms with Gasteiger partial charge < -0.3 is 15.2 Å². The first-order valence-corrected chi connectivity index (χ1v) is 5.32. The first kappa shape index (κ1) is 14.4. The van der Waals surface area contributed by atoms with Gasteiger partial charge in [0.05, 0.1) is 6.10 Å². The van der Waals surface area contributed by atoms with Crippen LogP contribution in [0.2, 0.25) is 0 Å². The Balaban J connectivity index is 3.80. The summed E-state index contributed by atoms with van der Waals surface area (Å²) in [5.41, 5.74) is 5.18. The minimum atomic E-state index is -0.594. The molecule has 0 heterocycles. The van der Waals surface area contributed by atoms with Crippen LogP contribution >= 0.6 is 0 Å². The van der Waals surface area contributed by atoms with Crippen molar-refractivity contribution in [3.63, 3.8) is 0 Å². The summed E-state index contributed by atoms with van der Waals surface area (Å²) < 4.78 is 10.4. The highest BCUT2D eigenvalue weighted by Gasteiger charge is 2.21. The molecule has 15 heavy (non-hydrogen) atoms. The van der Waals surface area contributed by atoms with E-state index < -0.39 is 11.6 Å². The number of nitrogens with two attached hydrogens (primary N) is 1. The van der Waals surface area contributed by atoms with Crippen LogP contribution in [-0.4, -0.2) is 30.3 Å². The van der Waals surface area contributed by atoms with Crippen LogP contribution in [0.1, 0.15) is 41.0 Å². The molecular formula is C11H23NO3. The second-order valence-corrected chi connectivity index (χ2v) is 4.85. The van der Waals surface area contributed by atoms with E-state index in [1.807, 2.05) is 34.6 Å². The van der Waals surface area contributed by atoms with Gasteiger partial charge in [-0.1, -0.05) is 0 Å². The van der Waals surface area contributed by atoms with Crippen molar-refractivity contribution in [1.29, 1.82) is 0 Å². The standard InChI is InChI=1S/C11H23NO3/c1-8(2)14-7-6-9(12)10(13)15-11(3,4)5/h8-9H,6-7,12H2,1-5H3. The molecule has 0 aliphatic carbocycles. The van der Waals surface area contributed by atoms with Gasteiger partial charge in [-0.2, -0.15) is 0 Å². The molecular weight excluding hydrogens is 194 g/mol. The van der Waals surface area contributed by atoms with Crippen LogP contribution in [0.4, 0.5) is 0 Å². The molecule has 1 unspecified atom stereocenters. The molecule has 0 fully saturated rings. The lowest BCUT2D eigenvalue weighted by molar-refractivity contribution is -0.157. The number of hydrogen-bond acceptors (Lipinski definition) is 4. The Morgan fingerprint density at radius 1 is 1.33 bits per heavy atom. The van der Waals surface area contributed by atoms with Gasteiger partial charge in [-0.05, 0) is 41.0 Å². The van der Waals surface area contributed by atoms with E-state index in [0.29, 0.717) is 13.0 Å². The minimum Gasteiger partial charge on any atom is -0.459 e. The molecule has 0 aromatic heterocycles. The normalized spacial score (nSPS) is 14.1. The first-order valence-electron chi connectivity index (χ1n) is 5.32. The van der Waals surface area contributed by atoms with Gasteiger partial charge in [-0.25, -0.2) is 0 Å². The van der Waals surface area contributed by atoms with Crippen molar-refractivity contribution in [3.8, 4) is 0 Å². The summed E-state index contributed by atoms with van der Waals surface area (Å²) in [6, 6.07) is -0.594. The van der Waals surface area contributed by atoms with E-state index in [1.165, 1.54) is 0 Å². The summed E-state index contributed by atoms with van der Waals surface area (Å²) in [6.45, 7) is 9.84. The largest absolute Gasteiger partial charge is 0.459 e. The maximum atomic E-state index is 11.4. The average Bonchev–Trinajstić information content (AvgIpc) is 1.99. The molecule has 0 bridgehead atoms. The van der Waals surface area contributed by atoms with Crippen LogP contribution in [-0.2, 0) is 14.3 Å². The van der Waals surface area contributed by atoms with Gasteiger partial charge in [0.2, 0.25) is 0 Å². The molecule has 0 rings (SSSR count). The van der Waals surface area contributed by atoms with Crippen LogP contribution in [0.25, 0.3) is 0 Å². The van der Waals surface area contributed by atoms with Gasteiger partial charge >= 0.3 is 5.97 Å². The van der Waals surface area contributed by atoms with E-state index in [0.717, 1.165) is 0 Å². The molecule has 1 atom stereocenters. The fourth-order valence-corrected chi connectivity index (χ4v) is 0.926. The van der Waals surface area contributed by atoms with E-state index >= 15 is 0 Å². The maximum absolute atomic E-state index is 11.4. The number of esters is 1. The number of hydrogen-bond donors (Lipinski definition) is 1. The molecule has 0 aliphatic rings. The highest BCUT2D eigenvalue weighted by Crippen LogP contribution is 2.08. The van der Waals surface area contributed by atoms with Gasteiger partial charge in [0.1, 0.15) is 11.6 Å². The van der Waals surface area contributed by atoms with Gasteiger partial charge in [0.15, 0.2) is 0 Å². The third-order valence-electron chi connectivity index (χ3n) is 1.59. The summed E-state index contributed by atoms with van der Waals surface area (Å²) in [5.74, 6) is -0.366. The van der Waals surface area contributed by atoms with Crippen LogP contribution in [0.3, 0.4) is 0 Å². The van der Waals surface area contributed by atoms with Crippen molar-refractivity contribution >= 4 is 5.97 Å². The van der Waals surface area contributed by atoms with Gasteiger partial charge in [0, 0.05) is 6.61 Å². The monoisotopic (exact) mass is 217 g/mol. The maximum Gasteiger partial charge on any atom is 0.323 e. The van der Waals surface area contributed by atoms with Crippen molar-refractivity contribution in [2.75, 3.05) is 6.61 Å². The van der Waals surface area contributed by atoms with Crippen LogP contribution in [0, 0.1) is 0 Å². The zero-order valence-electron chi connectivity index (χ0n) is 10.4. The lowest BCUT2D eigenvalue weighted by Crippen LogP contribution is -2.38. The molecule has 0 saturated heterocycles. The van der Waals surface area contributed by atoms with Crippen molar-refractivity contribution < 1.29 is 14.3 Å². The molecule has 0 saturated carbocycles. The lowest BCUT2D eigenvalue weighted by Gasteiger charge is -2.22. The van der Waals surface area contributed by atoms with E-state index in [4.69, 9.17) is 15.2 Å². The molecule has 0 amide bonds. The molecule has 0 spiro atoms. The Morgan fingerprint density at radius 2 is 1.87 bits per heavy atom. The van der Waals surface area contributed by atoms with Crippen molar-refractivity contribution in [1.82, 2.24) is 0 Å². The quantitative estimate of drug-likeness (QED) is 0.708. The Labute approximate surface area is 92.1 Å². The van der Waals surface area contributed by atoms with E-state index in [1.54, 1.807) is 0 Å². The van der Waals surface area contributed by atoms with Crippen molar-refractivity contribution in [2.24, 2.45) is 5.73 Å². The summed E-state index contributed by atoms with van der Waals surface area (Å²) >= 11 is 0. The van der Waals surface area contributed by atoms with Crippen molar-refractivity contribution in [2.45, 2.75) is 58.8 Å². The van der Waals surface area contributed by atoms with Crippen LogP contribution in [0.5, 0.6) is 0 Å². The Hall–Kier alpha value is -0.610. The number of ether oxygens (including phenoxy) is 2. The summed E-state index contributed by atoms with van der Waals surface area (Å²) in [7, 11) is 0. The molecule has 0 aliphatic heterocycles. The summed E-state index contributed by atoms with van der Waals surface area (Å²) in [6.07, 6.45) is 0.656. The Bertz CT molecular complexity index is 196. The Morgan fingerprint density at radius 3 is 2.27 bits per heavy atom. The van der Waals surface area contributed by atoms with Gasteiger partial charge in [-0.3, -0.25) is 4.79 Å². The SMILES string of the molecule is CC(C)OCCC(N)C(=O)OC(C)(C)C. The third kappa shape index (κ3) is 8.39. The van der Waals surface area contributed by atoms with Crippen LogP contribution in [0.15, 0.2) is 0 Å². The predicted molar refractivity (Wildman–Crippen MR) is 59.5 cm³/mol.